The summed E-state index contributed by atoms with van der Waals surface area (Å²) in [4.78, 5) is 27.6. The Morgan fingerprint density at radius 2 is 2.18 bits per heavy atom. The summed E-state index contributed by atoms with van der Waals surface area (Å²) >= 11 is 0. The van der Waals surface area contributed by atoms with Crippen molar-refractivity contribution in [2.45, 2.75) is 5.60 Å². The Balaban J connectivity index is 1.76. The SMILES string of the molecule is CN1CC2(COCC1=O)CN(C(=O)c1ccn(C)n1)CCO2. The highest BCUT2D eigenvalue weighted by Crippen LogP contribution is 2.23. The Hall–Kier alpha value is -1.93. The molecule has 8 nitrogen and oxygen atoms in total. The minimum atomic E-state index is -0.663. The number of carbonyl (C=O) groups excluding carboxylic acids is 2. The lowest BCUT2D eigenvalue weighted by atomic mass is 10.0. The maximum absolute atomic E-state index is 12.5. The molecule has 120 valence electrons. The molecule has 1 unspecified atom stereocenters. The third-order valence-electron chi connectivity index (χ3n) is 4.01. The van der Waals surface area contributed by atoms with Crippen molar-refractivity contribution in [3.8, 4) is 0 Å². The van der Waals surface area contributed by atoms with Crippen LogP contribution in [0, 0.1) is 0 Å². The molecule has 0 saturated carbocycles. The van der Waals surface area contributed by atoms with Crippen LogP contribution in [0.15, 0.2) is 12.3 Å². The van der Waals surface area contributed by atoms with Gasteiger partial charge < -0.3 is 19.3 Å². The van der Waals surface area contributed by atoms with Crippen molar-refractivity contribution in [1.29, 1.82) is 0 Å². The van der Waals surface area contributed by atoms with Gasteiger partial charge in [-0.1, -0.05) is 0 Å². The highest BCUT2D eigenvalue weighted by atomic mass is 16.5. The van der Waals surface area contributed by atoms with Crippen LogP contribution < -0.4 is 0 Å². The first kappa shape index (κ1) is 15.0. The van der Waals surface area contributed by atoms with E-state index in [1.807, 2.05) is 0 Å². The zero-order valence-electron chi connectivity index (χ0n) is 12.8. The highest BCUT2D eigenvalue weighted by Gasteiger charge is 2.42. The van der Waals surface area contributed by atoms with E-state index in [4.69, 9.17) is 9.47 Å². The minimum Gasteiger partial charge on any atom is -0.368 e. The second-order valence-electron chi connectivity index (χ2n) is 5.88. The number of hydrogen-bond acceptors (Lipinski definition) is 5. The van der Waals surface area contributed by atoms with E-state index in [1.165, 1.54) is 0 Å². The standard InChI is InChI=1S/C14H20N4O4/c1-16-8-14(10-21-7-12(16)19)9-18(5-6-22-14)13(20)11-3-4-17(2)15-11/h3-4H,5-10H2,1-2H3. The van der Waals surface area contributed by atoms with Gasteiger partial charge in [0.1, 0.15) is 17.9 Å². The second kappa shape index (κ2) is 5.69. The number of aryl methyl sites for hydroxylation is 1. The van der Waals surface area contributed by atoms with Crippen LogP contribution in [0.1, 0.15) is 10.5 Å². The van der Waals surface area contributed by atoms with Crippen molar-refractivity contribution < 1.29 is 19.1 Å². The average Bonchev–Trinajstić information content (AvgIpc) is 2.87. The van der Waals surface area contributed by atoms with Crippen molar-refractivity contribution in [3.63, 3.8) is 0 Å². The van der Waals surface area contributed by atoms with Gasteiger partial charge in [-0.25, -0.2) is 0 Å². The summed E-state index contributed by atoms with van der Waals surface area (Å²) in [6, 6.07) is 1.70. The van der Waals surface area contributed by atoms with Crippen LogP contribution in [-0.2, 0) is 21.3 Å². The number of rotatable bonds is 1. The van der Waals surface area contributed by atoms with E-state index in [-0.39, 0.29) is 18.4 Å². The molecule has 0 N–H and O–H groups in total. The molecule has 0 bridgehead atoms. The average molecular weight is 308 g/mol. The topological polar surface area (TPSA) is 76.9 Å². The van der Waals surface area contributed by atoms with Crippen LogP contribution >= 0.6 is 0 Å². The summed E-state index contributed by atoms with van der Waals surface area (Å²) in [6.45, 7) is 2.08. The quantitative estimate of drug-likeness (QED) is 0.673. The van der Waals surface area contributed by atoms with Crippen molar-refractivity contribution in [2.24, 2.45) is 7.05 Å². The van der Waals surface area contributed by atoms with E-state index < -0.39 is 5.60 Å². The fourth-order valence-corrected chi connectivity index (χ4v) is 2.89. The Bertz CT molecular complexity index is 587. The number of morpholine rings is 1. The number of aromatic nitrogens is 2. The van der Waals surface area contributed by atoms with Crippen LogP contribution in [-0.4, -0.2) is 83.5 Å². The molecule has 2 aliphatic rings. The molecular weight excluding hydrogens is 288 g/mol. The molecule has 1 aromatic heterocycles. The fraction of sp³-hybridized carbons (Fsp3) is 0.643. The lowest BCUT2D eigenvalue weighted by Crippen LogP contribution is -2.59. The largest absolute Gasteiger partial charge is 0.368 e. The van der Waals surface area contributed by atoms with Crippen LogP contribution in [0.4, 0.5) is 0 Å². The summed E-state index contributed by atoms with van der Waals surface area (Å²) in [5, 5.41) is 4.15. The molecule has 2 saturated heterocycles. The zero-order chi connectivity index (χ0) is 15.7. The van der Waals surface area contributed by atoms with Crippen LogP contribution in [0.3, 0.4) is 0 Å². The number of carbonyl (C=O) groups is 2. The molecule has 1 atom stereocenters. The molecule has 1 aromatic rings. The van der Waals surface area contributed by atoms with Gasteiger partial charge in [0.25, 0.3) is 5.91 Å². The molecule has 3 heterocycles. The first-order chi connectivity index (χ1) is 10.5. The van der Waals surface area contributed by atoms with Crippen LogP contribution in [0.2, 0.25) is 0 Å². The summed E-state index contributed by atoms with van der Waals surface area (Å²) in [5.74, 6) is -0.199. The molecule has 0 aliphatic carbocycles. The summed E-state index contributed by atoms with van der Waals surface area (Å²) in [5.41, 5.74) is -0.248. The Morgan fingerprint density at radius 1 is 1.36 bits per heavy atom. The molecule has 0 aromatic carbocycles. The lowest BCUT2D eigenvalue weighted by Gasteiger charge is -2.42. The van der Waals surface area contributed by atoms with E-state index in [9.17, 15) is 9.59 Å². The number of likely N-dealkylation sites (N-methyl/N-ethyl adjacent to an activating group) is 1. The van der Waals surface area contributed by atoms with Crippen LogP contribution in [0.5, 0.6) is 0 Å². The minimum absolute atomic E-state index is 0.0514. The number of hydrogen-bond donors (Lipinski definition) is 0. The third kappa shape index (κ3) is 2.84. The van der Waals surface area contributed by atoms with Gasteiger partial charge in [-0.05, 0) is 6.07 Å². The van der Waals surface area contributed by atoms with Gasteiger partial charge in [0.2, 0.25) is 5.91 Å². The zero-order valence-corrected chi connectivity index (χ0v) is 12.8. The van der Waals surface area contributed by atoms with E-state index in [0.29, 0.717) is 38.5 Å². The van der Waals surface area contributed by atoms with Gasteiger partial charge >= 0.3 is 0 Å². The van der Waals surface area contributed by atoms with Crippen molar-refractivity contribution in [3.05, 3.63) is 18.0 Å². The summed E-state index contributed by atoms with van der Waals surface area (Å²) < 4.78 is 12.9. The van der Waals surface area contributed by atoms with Crippen LogP contribution in [0.25, 0.3) is 0 Å². The van der Waals surface area contributed by atoms with Crippen molar-refractivity contribution >= 4 is 11.8 Å². The van der Waals surface area contributed by atoms with Gasteiger partial charge in [-0.15, -0.1) is 0 Å². The molecule has 2 aliphatic heterocycles. The van der Waals surface area contributed by atoms with Crippen molar-refractivity contribution in [1.82, 2.24) is 19.6 Å². The normalized spacial score (nSPS) is 26.4. The van der Waals surface area contributed by atoms with E-state index in [2.05, 4.69) is 5.10 Å². The Labute approximate surface area is 128 Å². The predicted octanol–water partition coefficient (Wildman–Crippen LogP) is -0.880. The molecule has 3 rings (SSSR count). The number of amides is 2. The van der Waals surface area contributed by atoms with Gasteiger partial charge in [0.15, 0.2) is 0 Å². The molecular formula is C14H20N4O4. The highest BCUT2D eigenvalue weighted by molar-refractivity contribution is 5.92. The Morgan fingerprint density at radius 3 is 2.91 bits per heavy atom. The van der Waals surface area contributed by atoms with Crippen molar-refractivity contribution in [2.75, 3.05) is 46.5 Å². The number of nitrogens with zero attached hydrogens (tertiary/aromatic N) is 4. The molecule has 2 fully saturated rings. The van der Waals surface area contributed by atoms with Gasteiger partial charge in [-0.2, -0.15) is 5.10 Å². The summed E-state index contributed by atoms with van der Waals surface area (Å²) in [7, 11) is 3.50. The molecule has 1 spiro atoms. The molecule has 2 amide bonds. The monoisotopic (exact) mass is 308 g/mol. The maximum Gasteiger partial charge on any atom is 0.274 e. The summed E-state index contributed by atoms with van der Waals surface area (Å²) in [6.07, 6.45) is 1.74. The fourth-order valence-electron chi connectivity index (χ4n) is 2.89. The lowest BCUT2D eigenvalue weighted by molar-refractivity contribution is -0.135. The second-order valence-corrected chi connectivity index (χ2v) is 5.88. The predicted molar refractivity (Wildman–Crippen MR) is 76.3 cm³/mol. The van der Waals surface area contributed by atoms with Gasteiger partial charge in [-0.3, -0.25) is 14.3 Å². The number of ether oxygens (including phenoxy) is 2. The molecule has 22 heavy (non-hydrogen) atoms. The Kier molecular flexibility index (Phi) is 3.88. The molecule has 8 heteroatoms. The van der Waals surface area contributed by atoms with E-state index in [0.717, 1.165) is 0 Å². The first-order valence-electron chi connectivity index (χ1n) is 7.24. The van der Waals surface area contributed by atoms with E-state index >= 15 is 0 Å². The third-order valence-corrected chi connectivity index (χ3v) is 4.01. The van der Waals surface area contributed by atoms with E-state index in [1.54, 1.807) is 40.8 Å². The first-order valence-corrected chi connectivity index (χ1v) is 7.24. The smallest absolute Gasteiger partial charge is 0.274 e. The van der Waals surface area contributed by atoms with Gasteiger partial charge in [0.05, 0.1) is 26.3 Å². The van der Waals surface area contributed by atoms with Gasteiger partial charge in [0, 0.05) is 26.8 Å². The maximum atomic E-state index is 12.5. The molecule has 0 radical (unpaired) electrons.